The second-order valence-corrected chi connectivity index (χ2v) is 4.33. The summed E-state index contributed by atoms with van der Waals surface area (Å²) in [6.45, 7) is 3.86. The van der Waals surface area contributed by atoms with E-state index in [0.29, 0.717) is 23.6 Å². The minimum absolute atomic E-state index is 0.112. The number of hydrogen-bond acceptors (Lipinski definition) is 3. The summed E-state index contributed by atoms with van der Waals surface area (Å²) in [5.74, 6) is -1.06. The first kappa shape index (κ1) is 13.1. The molecule has 0 radical (unpaired) electrons. The number of carboxylic acid groups (broad SMARTS) is 1. The maximum atomic E-state index is 13.5. The van der Waals surface area contributed by atoms with Crippen LogP contribution in [-0.4, -0.2) is 11.1 Å². The van der Waals surface area contributed by atoms with Gasteiger partial charge in [-0.2, -0.15) is 0 Å². The number of benzene rings is 1. The molecule has 19 heavy (non-hydrogen) atoms. The van der Waals surface area contributed by atoms with E-state index < -0.39 is 5.97 Å². The lowest BCUT2D eigenvalue weighted by molar-refractivity contribution is 0.0661. The van der Waals surface area contributed by atoms with Gasteiger partial charge in [-0.1, -0.05) is 6.07 Å². The van der Waals surface area contributed by atoms with E-state index in [4.69, 9.17) is 9.52 Å². The van der Waals surface area contributed by atoms with Crippen LogP contribution >= 0.6 is 0 Å². The summed E-state index contributed by atoms with van der Waals surface area (Å²) in [5.41, 5.74) is 2.02. The highest BCUT2D eigenvalue weighted by Gasteiger charge is 2.13. The Morgan fingerprint density at radius 3 is 2.74 bits per heavy atom. The summed E-state index contributed by atoms with van der Waals surface area (Å²) >= 11 is 0. The number of nitrogens with one attached hydrogen (secondary N) is 1. The fourth-order valence-electron chi connectivity index (χ4n) is 1.77. The molecule has 2 rings (SSSR count). The van der Waals surface area contributed by atoms with E-state index in [1.165, 1.54) is 12.1 Å². The van der Waals surface area contributed by atoms with E-state index in [1.807, 2.05) is 6.92 Å². The first-order valence-corrected chi connectivity index (χ1v) is 5.80. The van der Waals surface area contributed by atoms with Crippen LogP contribution in [0.2, 0.25) is 0 Å². The fourth-order valence-corrected chi connectivity index (χ4v) is 1.77. The molecule has 0 spiro atoms. The van der Waals surface area contributed by atoms with Crippen molar-refractivity contribution in [2.24, 2.45) is 0 Å². The van der Waals surface area contributed by atoms with Gasteiger partial charge in [0.15, 0.2) is 0 Å². The highest BCUT2D eigenvalue weighted by molar-refractivity contribution is 5.84. The molecule has 0 aliphatic carbocycles. The molecule has 5 heteroatoms. The second kappa shape index (κ2) is 5.14. The molecular formula is C14H14FNO3. The number of carbonyl (C=O) groups is 1. The first-order chi connectivity index (χ1) is 8.97. The number of halogens is 1. The maximum absolute atomic E-state index is 13.5. The van der Waals surface area contributed by atoms with Crippen molar-refractivity contribution in [2.45, 2.75) is 20.4 Å². The average Bonchev–Trinajstić information content (AvgIpc) is 2.72. The van der Waals surface area contributed by atoms with Crippen molar-refractivity contribution in [3.63, 3.8) is 0 Å². The summed E-state index contributed by atoms with van der Waals surface area (Å²) < 4.78 is 18.6. The molecule has 0 amide bonds. The molecule has 0 saturated carbocycles. The quantitative estimate of drug-likeness (QED) is 0.888. The van der Waals surface area contributed by atoms with E-state index in [1.54, 1.807) is 19.1 Å². The average molecular weight is 263 g/mol. The number of anilines is 1. The van der Waals surface area contributed by atoms with Gasteiger partial charge in [-0.3, -0.25) is 0 Å². The van der Waals surface area contributed by atoms with E-state index in [0.717, 1.165) is 5.56 Å². The van der Waals surface area contributed by atoms with Gasteiger partial charge in [0.1, 0.15) is 11.6 Å². The van der Waals surface area contributed by atoms with Gasteiger partial charge in [0.2, 0.25) is 5.76 Å². The largest absolute Gasteiger partial charge is 0.475 e. The van der Waals surface area contributed by atoms with Gasteiger partial charge < -0.3 is 14.8 Å². The fraction of sp³-hybridized carbons (Fsp3) is 0.214. The lowest BCUT2D eigenvalue weighted by atomic mass is 10.2. The Labute approximate surface area is 109 Å². The number of furan rings is 1. The van der Waals surface area contributed by atoms with Crippen molar-refractivity contribution in [3.8, 4) is 0 Å². The Balaban J connectivity index is 2.14. The highest BCUT2D eigenvalue weighted by Crippen LogP contribution is 2.19. The zero-order valence-electron chi connectivity index (χ0n) is 10.7. The van der Waals surface area contributed by atoms with Crippen molar-refractivity contribution in [3.05, 3.63) is 52.7 Å². The monoisotopic (exact) mass is 263 g/mol. The molecule has 1 aromatic carbocycles. The SMILES string of the molecule is Cc1ccc(F)c(NCc2cc(C(=O)O)oc2C)c1. The Morgan fingerprint density at radius 1 is 1.37 bits per heavy atom. The van der Waals surface area contributed by atoms with Gasteiger partial charge in [0.25, 0.3) is 0 Å². The lowest BCUT2D eigenvalue weighted by Gasteiger charge is -2.07. The van der Waals surface area contributed by atoms with Gasteiger partial charge in [-0.05, 0) is 37.6 Å². The standard InChI is InChI=1S/C14H14FNO3/c1-8-3-4-11(15)12(5-8)16-7-10-6-13(14(17)18)19-9(10)2/h3-6,16H,7H2,1-2H3,(H,17,18). The van der Waals surface area contributed by atoms with Crippen molar-refractivity contribution in [1.29, 1.82) is 0 Å². The minimum Gasteiger partial charge on any atom is -0.475 e. The highest BCUT2D eigenvalue weighted by atomic mass is 19.1. The third kappa shape index (κ3) is 2.93. The van der Waals surface area contributed by atoms with Crippen LogP contribution in [0.15, 0.2) is 28.7 Å². The number of hydrogen-bond donors (Lipinski definition) is 2. The van der Waals surface area contributed by atoms with Crippen LogP contribution in [-0.2, 0) is 6.54 Å². The minimum atomic E-state index is -1.11. The van der Waals surface area contributed by atoms with Gasteiger partial charge in [-0.25, -0.2) is 9.18 Å². The molecule has 1 aromatic heterocycles. The summed E-state index contributed by atoms with van der Waals surface area (Å²) in [6, 6.07) is 6.22. The third-order valence-electron chi connectivity index (χ3n) is 2.82. The molecule has 0 atom stereocenters. The van der Waals surface area contributed by atoms with Crippen LogP contribution in [0.1, 0.15) is 27.4 Å². The number of aryl methyl sites for hydroxylation is 2. The number of aromatic carboxylic acids is 1. The molecule has 0 saturated heterocycles. The maximum Gasteiger partial charge on any atom is 0.371 e. The first-order valence-electron chi connectivity index (χ1n) is 5.80. The zero-order chi connectivity index (χ0) is 14.0. The molecule has 4 nitrogen and oxygen atoms in total. The normalized spacial score (nSPS) is 10.5. The predicted octanol–water partition coefficient (Wildman–Crippen LogP) is 3.35. The molecular weight excluding hydrogens is 249 g/mol. The smallest absolute Gasteiger partial charge is 0.371 e. The van der Waals surface area contributed by atoms with Gasteiger partial charge >= 0.3 is 5.97 Å². The zero-order valence-corrected chi connectivity index (χ0v) is 10.7. The summed E-state index contributed by atoms with van der Waals surface area (Å²) in [6.07, 6.45) is 0. The lowest BCUT2D eigenvalue weighted by Crippen LogP contribution is -2.02. The molecule has 100 valence electrons. The van der Waals surface area contributed by atoms with Gasteiger partial charge in [0.05, 0.1) is 5.69 Å². The molecule has 2 N–H and O–H groups in total. The Morgan fingerprint density at radius 2 is 2.11 bits per heavy atom. The molecule has 0 bridgehead atoms. The summed E-state index contributed by atoms with van der Waals surface area (Å²) in [7, 11) is 0. The molecule has 2 aromatic rings. The predicted molar refractivity (Wildman–Crippen MR) is 68.9 cm³/mol. The van der Waals surface area contributed by atoms with E-state index in [2.05, 4.69) is 5.32 Å². The van der Waals surface area contributed by atoms with Crippen LogP contribution < -0.4 is 5.32 Å². The van der Waals surface area contributed by atoms with Crippen LogP contribution in [0, 0.1) is 19.7 Å². The molecule has 0 fully saturated rings. The van der Waals surface area contributed by atoms with Gasteiger partial charge in [-0.15, -0.1) is 0 Å². The topological polar surface area (TPSA) is 62.5 Å². The van der Waals surface area contributed by atoms with Crippen molar-refractivity contribution >= 4 is 11.7 Å². The van der Waals surface area contributed by atoms with E-state index >= 15 is 0 Å². The summed E-state index contributed by atoms with van der Waals surface area (Å²) in [5, 5.41) is 11.7. The van der Waals surface area contributed by atoms with E-state index in [-0.39, 0.29) is 11.6 Å². The number of rotatable bonds is 4. The Hall–Kier alpha value is -2.30. The third-order valence-corrected chi connectivity index (χ3v) is 2.82. The van der Waals surface area contributed by atoms with Crippen LogP contribution in [0.4, 0.5) is 10.1 Å². The van der Waals surface area contributed by atoms with Crippen molar-refractivity contribution in [1.82, 2.24) is 0 Å². The molecule has 1 heterocycles. The van der Waals surface area contributed by atoms with Crippen molar-refractivity contribution in [2.75, 3.05) is 5.32 Å². The Bertz CT molecular complexity index is 619. The van der Waals surface area contributed by atoms with Crippen molar-refractivity contribution < 1.29 is 18.7 Å². The van der Waals surface area contributed by atoms with Crippen LogP contribution in [0.3, 0.4) is 0 Å². The molecule has 0 aliphatic rings. The van der Waals surface area contributed by atoms with Crippen LogP contribution in [0.25, 0.3) is 0 Å². The van der Waals surface area contributed by atoms with E-state index in [9.17, 15) is 9.18 Å². The van der Waals surface area contributed by atoms with Crippen LogP contribution in [0.5, 0.6) is 0 Å². The van der Waals surface area contributed by atoms with Gasteiger partial charge in [0, 0.05) is 12.1 Å². The summed E-state index contributed by atoms with van der Waals surface area (Å²) in [4.78, 5) is 10.8. The second-order valence-electron chi connectivity index (χ2n) is 4.33. The number of carboxylic acids is 1. The molecule has 0 aliphatic heterocycles. The Kier molecular flexibility index (Phi) is 3.55. The molecule has 0 unspecified atom stereocenters.